The number of aromatic nitrogens is 2. The van der Waals surface area contributed by atoms with E-state index < -0.39 is 0 Å². The lowest BCUT2D eigenvalue weighted by molar-refractivity contribution is 0.164. The Labute approximate surface area is 119 Å². The van der Waals surface area contributed by atoms with E-state index in [9.17, 15) is 5.11 Å². The Morgan fingerprint density at radius 2 is 2.32 bits per heavy atom. The number of nitrogens with one attached hydrogen (secondary N) is 1. The Hall–Kier alpha value is -0.650. The molecule has 5 heteroatoms. The molecule has 19 heavy (non-hydrogen) atoms. The number of aliphatic hydroxyl groups excluding tert-OH is 1. The average molecular weight is 281 g/mol. The summed E-state index contributed by atoms with van der Waals surface area (Å²) < 4.78 is 0. The smallest absolute Gasteiger partial charge is 0.187 e. The van der Waals surface area contributed by atoms with Crippen molar-refractivity contribution in [3.63, 3.8) is 0 Å². The zero-order chi connectivity index (χ0) is 13.9. The van der Waals surface area contributed by atoms with Crippen LogP contribution in [-0.4, -0.2) is 38.5 Å². The van der Waals surface area contributed by atoms with E-state index in [0.29, 0.717) is 11.3 Å². The predicted molar refractivity (Wildman–Crippen MR) is 78.4 cm³/mol. The van der Waals surface area contributed by atoms with Crippen LogP contribution in [-0.2, 0) is 0 Å². The third kappa shape index (κ3) is 4.75. The van der Waals surface area contributed by atoms with Gasteiger partial charge >= 0.3 is 0 Å². The number of aliphatic hydroxyl groups is 1. The van der Waals surface area contributed by atoms with Gasteiger partial charge in [-0.15, -0.1) is 0 Å². The van der Waals surface area contributed by atoms with Gasteiger partial charge in [0.05, 0.1) is 6.61 Å². The summed E-state index contributed by atoms with van der Waals surface area (Å²) in [4.78, 5) is 8.69. The van der Waals surface area contributed by atoms with E-state index in [1.807, 2.05) is 13.0 Å². The first-order valence-electron chi connectivity index (χ1n) is 6.85. The van der Waals surface area contributed by atoms with E-state index in [0.717, 1.165) is 17.3 Å². The Kier molecular flexibility index (Phi) is 4.81. The first-order chi connectivity index (χ1) is 9.00. The lowest BCUT2D eigenvalue weighted by Crippen LogP contribution is -2.48. The van der Waals surface area contributed by atoms with E-state index in [2.05, 4.69) is 29.1 Å². The summed E-state index contributed by atoms with van der Waals surface area (Å²) in [6.45, 7) is 6.41. The monoisotopic (exact) mass is 281 g/mol. The van der Waals surface area contributed by atoms with Gasteiger partial charge in [0.1, 0.15) is 0 Å². The van der Waals surface area contributed by atoms with E-state index in [4.69, 9.17) is 0 Å². The molecule has 0 spiro atoms. The van der Waals surface area contributed by atoms with Gasteiger partial charge in [-0.05, 0) is 39.2 Å². The average Bonchev–Trinajstić information content (AvgIpc) is 3.12. The van der Waals surface area contributed by atoms with E-state index in [1.165, 1.54) is 12.8 Å². The van der Waals surface area contributed by atoms with Gasteiger partial charge < -0.3 is 10.4 Å². The van der Waals surface area contributed by atoms with Crippen LogP contribution >= 0.6 is 11.8 Å². The minimum atomic E-state index is -0.197. The Balaban J connectivity index is 1.89. The molecule has 1 saturated carbocycles. The SMILES string of the molecule is Cc1ccnc(SC(C)CC(C)(CO)NC2CC2)n1. The highest BCUT2D eigenvalue weighted by Gasteiger charge is 2.33. The minimum absolute atomic E-state index is 0.170. The van der Waals surface area contributed by atoms with Crippen LogP contribution in [0.25, 0.3) is 0 Å². The van der Waals surface area contributed by atoms with Gasteiger partial charge in [0.2, 0.25) is 0 Å². The van der Waals surface area contributed by atoms with Crippen molar-refractivity contribution in [3.05, 3.63) is 18.0 Å². The van der Waals surface area contributed by atoms with Crippen molar-refractivity contribution in [2.45, 2.75) is 62.0 Å². The maximum atomic E-state index is 9.62. The third-order valence-electron chi connectivity index (χ3n) is 3.30. The summed E-state index contributed by atoms with van der Waals surface area (Å²) >= 11 is 1.67. The highest BCUT2D eigenvalue weighted by Crippen LogP contribution is 2.29. The zero-order valence-electron chi connectivity index (χ0n) is 11.9. The standard InChI is InChI=1S/C14H23N3OS/c1-10-6-7-15-13(16-10)19-11(2)8-14(3,9-18)17-12-4-5-12/h6-7,11-12,17-18H,4-5,8-9H2,1-3H3. The van der Waals surface area contributed by atoms with Crippen LogP contribution in [0.3, 0.4) is 0 Å². The lowest BCUT2D eigenvalue weighted by Gasteiger charge is -2.31. The number of aryl methyl sites for hydroxylation is 1. The minimum Gasteiger partial charge on any atom is -0.394 e. The van der Waals surface area contributed by atoms with E-state index in [-0.39, 0.29) is 12.1 Å². The van der Waals surface area contributed by atoms with Crippen LogP contribution in [0.4, 0.5) is 0 Å². The topological polar surface area (TPSA) is 58.0 Å². The molecule has 0 saturated heterocycles. The number of thioether (sulfide) groups is 1. The van der Waals surface area contributed by atoms with Crippen molar-refractivity contribution >= 4 is 11.8 Å². The van der Waals surface area contributed by atoms with Crippen LogP contribution in [0, 0.1) is 6.92 Å². The molecule has 1 aliphatic carbocycles. The van der Waals surface area contributed by atoms with Gasteiger partial charge in [0.25, 0.3) is 0 Å². The Morgan fingerprint density at radius 1 is 1.58 bits per heavy atom. The molecule has 2 rings (SSSR count). The lowest BCUT2D eigenvalue weighted by atomic mass is 9.97. The molecule has 0 aliphatic heterocycles. The largest absolute Gasteiger partial charge is 0.394 e. The molecule has 4 nitrogen and oxygen atoms in total. The molecule has 2 N–H and O–H groups in total. The fourth-order valence-corrected chi connectivity index (χ4v) is 3.36. The molecular formula is C14H23N3OS. The van der Waals surface area contributed by atoms with Gasteiger partial charge in [0.15, 0.2) is 5.16 Å². The molecule has 1 fully saturated rings. The van der Waals surface area contributed by atoms with Crippen molar-refractivity contribution < 1.29 is 5.11 Å². The van der Waals surface area contributed by atoms with Gasteiger partial charge in [0, 0.05) is 28.7 Å². The molecule has 106 valence electrons. The highest BCUT2D eigenvalue weighted by atomic mass is 32.2. The molecule has 2 atom stereocenters. The zero-order valence-corrected chi connectivity index (χ0v) is 12.7. The van der Waals surface area contributed by atoms with Gasteiger partial charge in [-0.1, -0.05) is 18.7 Å². The Bertz CT molecular complexity index is 425. The van der Waals surface area contributed by atoms with Crippen molar-refractivity contribution in [2.24, 2.45) is 0 Å². The first kappa shape index (κ1) is 14.8. The van der Waals surface area contributed by atoms with Crippen molar-refractivity contribution in [3.8, 4) is 0 Å². The Morgan fingerprint density at radius 3 is 2.89 bits per heavy atom. The fourth-order valence-electron chi connectivity index (χ4n) is 2.23. The molecule has 1 aliphatic rings. The van der Waals surface area contributed by atoms with E-state index >= 15 is 0 Å². The van der Waals surface area contributed by atoms with Crippen molar-refractivity contribution in [1.29, 1.82) is 0 Å². The summed E-state index contributed by atoms with van der Waals surface area (Å²) in [5.41, 5.74) is 0.794. The highest BCUT2D eigenvalue weighted by molar-refractivity contribution is 7.99. The first-order valence-corrected chi connectivity index (χ1v) is 7.73. The van der Waals surface area contributed by atoms with Crippen LogP contribution in [0.1, 0.15) is 38.8 Å². The number of rotatable bonds is 7. The molecule has 1 aromatic heterocycles. The predicted octanol–water partition coefficient (Wildman–Crippen LogP) is 2.16. The van der Waals surface area contributed by atoms with Gasteiger partial charge in [-0.3, -0.25) is 0 Å². The molecule has 0 radical (unpaired) electrons. The molecule has 0 amide bonds. The van der Waals surface area contributed by atoms with Crippen LogP contribution < -0.4 is 5.32 Å². The molecule has 0 aromatic carbocycles. The van der Waals surface area contributed by atoms with Gasteiger partial charge in [-0.2, -0.15) is 0 Å². The normalized spacial score (nSPS) is 20.0. The van der Waals surface area contributed by atoms with E-state index in [1.54, 1.807) is 18.0 Å². The molecule has 0 bridgehead atoms. The second kappa shape index (κ2) is 6.20. The summed E-state index contributed by atoms with van der Waals surface area (Å²) in [6.07, 6.45) is 5.17. The van der Waals surface area contributed by atoms with Gasteiger partial charge in [-0.25, -0.2) is 9.97 Å². The van der Waals surface area contributed by atoms with Crippen LogP contribution in [0.15, 0.2) is 17.4 Å². The summed E-state index contributed by atoms with van der Waals surface area (Å²) in [5.74, 6) is 0. The number of hydrogen-bond donors (Lipinski definition) is 2. The maximum absolute atomic E-state index is 9.62. The number of hydrogen-bond acceptors (Lipinski definition) is 5. The second-order valence-corrected chi connectivity index (χ2v) is 7.16. The van der Waals surface area contributed by atoms with Crippen LogP contribution in [0.2, 0.25) is 0 Å². The van der Waals surface area contributed by atoms with Crippen LogP contribution in [0.5, 0.6) is 0 Å². The summed E-state index contributed by atoms with van der Waals surface area (Å²) in [7, 11) is 0. The molecule has 1 heterocycles. The summed E-state index contributed by atoms with van der Waals surface area (Å²) in [5, 5.41) is 14.3. The molecule has 2 unspecified atom stereocenters. The maximum Gasteiger partial charge on any atom is 0.187 e. The third-order valence-corrected chi connectivity index (χ3v) is 4.27. The quantitative estimate of drug-likeness (QED) is 0.592. The van der Waals surface area contributed by atoms with Crippen molar-refractivity contribution in [2.75, 3.05) is 6.61 Å². The van der Waals surface area contributed by atoms with Crippen molar-refractivity contribution in [1.82, 2.24) is 15.3 Å². The molecular weight excluding hydrogens is 258 g/mol. The number of nitrogens with zero attached hydrogens (tertiary/aromatic N) is 2. The summed E-state index contributed by atoms with van der Waals surface area (Å²) in [6, 6.07) is 2.51. The fraction of sp³-hybridized carbons (Fsp3) is 0.714. The molecule has 1 aromatic rings. The second-order valence-electron chi connectivity index (χ2n) is 5.75.